The second kappa shape index (κ2) is 12.8. The number of rotatable bonds is 9. The van der Waals surface area contributed by atoms with Crippen molar-refractivity contribution in [2.75, 3.05) is 33.9 Å². The Morgan fingerprint density at radius 2 is 1.85 bits per heavy atom. The summed E-state index contributed by atoms with van der Waals surface area (Å²) in [5.74, 6) is 0.263. The molecule has 0 unspecified atom stereocenters. The Hall–Kier alpha value is -3.47. The van der Waals surface area contributed by atoms with Crippen molar-refractivity contribution in [3.8, 4) is 11.5 Å². The fraction of sp³-hybridized carbons (Fsp3) is 0.517. The number of fused-ring (bicyclic) bond motifs is 1. The van der Waals surface area contributed by atoms with Crippen molar-refractivity contribution < 1.29 is 33.3 Å². The second-order valence-corrected chi connectivity index (χ2v) is 10.9. The van der Waals surface area contributed by atoms with Gasteiger partial charge in [-0.2, -0.15) is 0 Å². The molecule has 3 aliphatic rings. The first kappa shape index (κ1) is 29.5. The first-order chi connectivity index (χ1) is 19.2. The van der Waals surface area contributed by atoms with Crippen LogP contribution in [0.3, 0.4) is 0 Å². The smallest absolute Gasteiger partial charge is 0.338 e. The average molecular weight is 572 g/mol. The molecule has 3 aliphatic heterocycles. The van der Waals surface area contributed by atoms with Crippen molar-refractivity contribution in [1.82, 2.24) is 9.80 Å². The molecular weight excluding hydrogens is 534 g/mol. The maximum atomic E-state index is 13.5. The van der Waals surface area contributed by atoms with Crippen LogP contribution in [-0.2, 0) is 23.9 Å². The summed E-state index contributed by atoms with van der Waals surface area (Å²) in [5.41, 5.74) is 2.33. The number of benzene rings is 1. The molecule has 1 aromatic carbocycles. The number of thioether (sulfide) groups is 1. The minimum absolute atomic E-state index is 0.0515. The van der Waals surface area contributed by atoms with Gasteiger partial charge < -0.3 is 28.7 Å². The maximum Gasteiger partial charge on any atom is 0.338 e. The predicted octanol–water partition coefficient (Wildman–Crippen LogP) is 4.42. The Bertz CT molecular complexity index is 1250. The molecular formula is C29H37N3O7S. The summed E-state index contributed by atoms with van der Waals surface area (Å²) in [6.07, 6.45) is 0.940. The van der Waals surface area contributed by atoms with Crippen LogP contribution in [0.1, 0.15) is 58.6 Å². The molecule has 4 rings (SSSR count). The molecule has 0 saturated carbocycles. The van der Waals surface area contributed by atoms with E-state index in [9.17, 15) is 14.4 Å². The highest BCUT2D eigenvalue weighted by atomic mass is 32.2. The Balaban J connectivity index is 1.64. The van der Waals surface area contributed by atoms with Crippen LogP contribution < -0.4 is 9.47 Å². The van der Waals surface area contributed by atoms with Gasteiger partial charge in [0, 0.05) is 24.4 Å². The molecule has 0 aromatic heterocycles. The van der Waals surface area contributed by atoms with Crippen molar-refractivity contribution in [3.63, 3.8) is 0 Å². The first-order valence-corrected chi connectivity index (χ1v) is 14.4. The molecule has 1 atom stereocenters. The third-order valence-electron chi connectivity index (χ3n) is 7.09. The molecule has 1 amide bonds. The molecule has 40 heavy (non-hydrogen) atoms. The fourth-order valence-corrected chi connectivity index (χ4v) is 6.11. The van der Waals surface area contributed by atoms with E-state index in [1.165, 1.54) is 11.8 Å². The van der Waals surface area contributed by atoms with Gasteiger partial charge in [0.2, 0.25) is 5.91 Å². The molecule has 0 bridgehead atoms. The topological polar surface area (TPSA) is 107 Å². The quantitative estimate of drug-likeness (QED) is 0.398. The monoisotopic (exact) mass is 571 g/mol. The largest absolute Gasteiger partial charge is 0.497 e. The third-order valence-corrected chi connectivity index (χ3v) is 7.98. The average Bonchev–Trinajstić information content (AvgIpc) is 3.33. The number of hydrogen-bond acceptors (Lipinski definition) is 10. The van der Waals surface area contributed by atoms with E-state index in [1.54, 1.807) is 58.9 Å². The number of piperidine rings is 1. The van der Waals surface area contributed by atoms with Crippen molar-refractivity contribution >= 4 is 34.8 Å². The number of carbonyl (C=O) groups is 3. The number of nitrogens with zero attached hydrogens (tertiary/aromatic N) is 3. The number of amides is 1. The molecule has 10 nitrogen and oxygen atoms in total. The summed E-state index contributed by atoms with van der Waals surface area (Å²) < 4.78 is 22.0. The van der Waals surface area contributed by atoms with E-state index < -0.39 is 12.0 Å². The predicted molar refractivity (Wildman–Crippen MR) is 152 cm³/mol. The SMILES string of the molecule is CCOC(=O)C1CCN(C(=O)CC2=CSC3=NC(C)=C(C(=O)OC(C)C)[C@H](c4cc(OC)ccc4OC)N23)CC1. The van der Waals surface area contributed by atoms with Crippen LogP contribution in [0.2, 0.25) is 0 Å². The Morgan fingerprint density at radius 1 is 1.12 bits per heavy atom. The lowest BCUT2D eigenvalue weighted by Crippen LogP contribution is -2.42. The third kappa shape index (κ3) is 6.14. The summed E-state index contributed by atoms with van der Waals surface area (Å²) in [7, 11) is 3.15. The molecule has 0 radical (unpaired) electrons. The van der Waals surface area contributed by atoms with Gasteiger partial charge in [-0.25, -0.2) is 9.79 Å². The standard InChI is InChI=1S/C29H37N3O7S/c1-7-38-27(34)19-10-12-31(13-11-19)24(33)14-20-16-40-29-30-18(4)25(28(35)39-17(2)3)26(32(20)29)22-15-21(36-5)8-9-23(22)37-6/h8-9,15-17,19,26H,7,10-14H2,1-6H3/t26-/m0/s1. The van der Waals surface area contributed by atoms with E-state index in [0.29, 0.717) is 66.0 Å². The Morgan fingerprint density at radius 3 is 2.48 bits per heavy atom. The molecule has 1 saturated heterocycles. The van der Waals surface area contributed by atoms with Gasteiger partial charge in [-0.15, -0.1) is 0 Å². The molecule has 216 valence electrons. The van der Waals surface area contributed by atoms with Crippen molar-refractivity contribution in [2.45, 2.75) is 59.1 Å². The molecule has 0 aliphatic carbocycles. The van der Waals surface area contributed by atoms with Crippen LogP contribution in [0, 0.1) is 5.92 Å². The number of amidine groups is 1. The normalized spacial score (nSPS) is 19.2. The van der Waals surface area contributed by atoms with Crippen LogP contribution in [0.4, 0.5) is 0 Å². The summed E-state index contributed by atoms with van der Waals surface area (Å²) >= 11 is 1.41. The zero-order valence-electron chi connectivity index (χ0n) is 23.9. The number of carbonyl (C=O) groups excluding carboxylic acids is 3. The fourth-order valence-electron chi connectivity index (χ4n) is 5.15. The van der Waals surface area contributed by atoms with E-state index in [4.69, 9.17) is 23.9 Å². The van der Waals surface area contributed by atoms with Gasteiger partial charge in [0.15, 0.2) is 5.17 Å². The highest BCUT2D eigenvalue weighted by molar-refractivity contribution is 8.16. The maximum absolute atomic E-state index is 13.5. The Kier molecular flexibility index (Phi) is 9.44. The van der Waals surface area contributed by atoms with E-state index in [0.717, 1.165) is 5.70 Å². The van der Waals surface area contributed by atoms with E-state index in [-0.39, 0.29) is 30.3 Å². The lowest BCUT2D eigenvalue weighted by molar-refractivity contribution is -0.151. The number of likely N-dealkylation sites (tertiary alicyclic amines) is 1. The zero-order chi connectivity index (χ0) is 29.0. The van der Waals surface area contributed by atoms with Gasteiger partial charge in [0.05, 0.1) is 56.6 Å². The zero-order valence-corrected chi connectivity index (χ0v) is 24.7. The molecule has 1 fully saturated rings. The van der Waals surface area contributed by atoms with E-state index in [1.807, 2.05) is 16.4 Å². The van der Waals surface area contributed by atoms with Gasteiger partial charge in [0.1, 0.15) is 11.5 Å². The summed E-state index contributed by atoms with van der Waals surface area (Å²) in [4.78, 5) is 47.5. The second-order valence-electron chi connectivity index (χ2n) is 10.0. The van der Waals surface area contributed by atoms with E-state index >= 15 is 0 Å². The minimum atomic E-state index is -0.646. The van der Waals surface area contributed by atoms with Gasteiger partial charge in [0.25, 0.3) is 0 Å². The van der Waals surface area contributed by atoms with Gasteiger partial charge in [-0.1, -0.05) is 11.8 Å². The summed E-state index contributed by atoms with van der Waals surface area (Å²) in [6.45, 7) is 8.51. The van der Waals surface area contributed by atoms with E-state index in [2.05, 4.69) is 0 Å². The first-order valence-electron chi connectivity index (χ1n) is 13.5. The van der Waals surface area contributed by atoms with Crippen molar-refractivity contribution in [3.05, 3.63) is 46.1 Å². The van der Waals surface area contributed by atoms with Crippen LogP contribution in [0.15, 0.2) is 45.6 Å². The van der Waals surface area contributed by atoms with Gasteiger partial charge in [-0.3, -0.25) is 9.59 Å². The Labute approximate surface area is 239 Å². The summed E-state index contributed by atoms with van der Waals surface area (Å²) in [5, 5.41) is 2.57. The number of ether oxygens (including phenoxy) is 4. The van der Waals surface area contributed by atoms with Crippen molar-refractivity contribution in [1.29, 1.82) is 0 Å². The number of methoxy groups -OCH3 is 2. The lowest BCUT2D eigenvalue weighted by Gasteiger charge is -2.38. The highest BCUT2D eigenvalue weighted by Gasteiger charge is 2.43. The van der Waals surface area contributed by atoms with Crippen molar-refractivity contribution in [2.24, 2.45) is 10.9 Å². The van der Waals surface area contributed by atoms with Crippen LogP contribution in [0.25, 0.3) is 0 Å². The van der Waals surface area contributed by atoms with Crippen LogP contribution in [0.5, 0.6) is 11.5 Å². The number of allylic oxidation sites excluding steroid dienone is 1. The number of aliphatic imine (C=N–C) groups is 1. The molecule has 1 aromatic rings. The number of hydrogen-bond donors (Lipinski definition) is 0. The molecule has 0 spiro atoms. The van der Waals surface area contributed by atoms with Gasteiger partial charge in [-0.05, 0) is 64.1 Å². The minimum Gasteiger partial charge on any atom is -0.497 e. The summed E-state index contributed by atoms with van der Waals surface area (Å²) in [6, 6.07) is 4.78. The highest BCUT2D eigenvalue weighted by Crippen LogP contribution is 2.48. The lowest BCUT2D eigenvalue weighted by atomic mass is 9.92. The van der Waals surface area contributed by atoms with Gasteiger partial charge >= 0.3 is 11.9 Å². The molecule has 0 N–H and O–H groups in total. The van der Waals surface area contributed by atoms with Crippen LogP contribution in [-0.4, -0.2) is 72.8 Å². The van der Waals surface area contributed by atoms with Crippen LogP contribution >= 0.6 is 11.8 Å². The molecule has 11 heteroatoms. The number of esters is 2. The molecule has 3 heterocycles.